The highest BCUT2D eigenvalue weighted by Gasteiger charge is 2.17. The van der Waals surface area contributed by atoms with E-state index in [-0.39, 0.29) is 0 Å². The summed E-state index contributed by atoms with van der Waals surface area (Å²) >= 11 is 5.92. The number of carbonyl (C=O) groups is 2. The first kappa shape index (κ1) is 17.8. The van der Waals surface area contributed by atoms with E-state index in [1.165, 1.54) is 13.0 Å². The lowest BCUT2D eigenvalue weighted by Gasteiger charge is -2.14. The van der Waals surface area contributed by atoms with Crippen LogP contribution in [0.15, 0.2) is 54.6 Å². The van der Waals surface area contributed by atoms with Gasteiger partial charge in [0.1, 0.15) is 0 Å². The number of ether oxygens (including phenoxy) is 1. The number of hydrogen-bond donors (Lipinski definition) is 1. The maximum atomic E-state index is 12.1. The van der Waals surface area contributed by atoms with Crippen LogP contribution in [0, 0.1) is 6.92 Å². The van der Waals surface area contributed by atoms with Crippen molar-refractivity contribution < 1.29 is 14.3 Å². The van der Waals surface area contributed by atoms with Gasteiger partial charge < -0.3 is 10.1 Å². The molecule has 0 spiro atoms. The van der Waals surface area contributed by atoms with E-state index >= 15 is 0 Å². The van der Waals surface area contributed by atoms with Crippen LogP contribution < -0.4 is 5.32 Å². The van der Waals surface area contributed by atoms with Crippen molar-refractivity contribution in [1.29, 1.82) is 0 Å². The topological polar surface area (TPSA) is 55.4 Å². The molecular formula is C19H18ClNO3. The van der Waals surface area contributed by atoms with Gasteiger partial charge in [-0.15, -0.1) is 0 Å². The maximum absolute atomic E-state index is 12.1. The first-order valence-electron chi connectivity index (χ1n) is 7.46. The number of carbonyl (C=O) groups excluding carboxylic acids is 2. The Kier molecular flexibility index (Phi) is 6.15. The van der Waals surface area contributed by atoms with Gasteiger partial charge in [0.25, 0.3) is 5.91 Å². The minimum absolute atomic E-state index is 0.415. The predicted molar refractivity (Wildman–Crippen MR) is 95.8 cm³/mol. The molecule has 0 aromatic heterocycles. The molecule has 0 aliphatic carbocycles. The molecule has 24 heavy (non-hydrogen) atoms. The Morgan fingerprint density at radius 3 is 2.58 bits per heavy atom. The third-order valence-electron chi connectivity index (χ3n) is 3.33. The zero-order valence-electron chi connectivity index (χ0n) is 13.5. The Morgan fingerprint density at radius 1 is 1.17 bits per heavy atom. The van der Waals surface area contributed by atoms with Crippen molar-refractivity contribution in [2.75, 3.05) is 5.32 Å². The quantitative estimate of drug-likeness (QED) is 0.652. The number of amides is 1. The second-order valence-corrected chi connectivity index (χ2v) is 5.71. The van der Waals surface area contributed by atoms with Crippen molar-refractivity contribution in [3.63, 3.8) is 0 Å². The van der Waals surface area contributed by atoms with Gasteiger partial charge in [-0.3, -0.25) is 4.79 Å². The van der Waals surface area contributed by atoms with Gasteiger partial charge in [-0.2, -0.15) is 0 Å². The molecule has 0 aliphatic heterocycles. The van der Waals surface area contributed by atoms with Gasteiger partial charge >= 0.3 is 5.97 Å². The maximum Gasteiger partial charge on any atom is 0.331 e. The molecule has 1 N–H and O–H groups in total. The number of hydrogen-bond acceptors (Lipinski definition) is 3. The van der Waals surface area contributed by atoms with Gasteiger partial charge in [0.05, 0.1) is 0 Å². The van der Waals surface area contributed by atoms with E-state index in [1.807, 2.05) is 37.3 Å². The normalized spacial score (nSPS) is 12.0. The van der Waals surface area contributed by atoms with E-state index in [1.54, 1.807) is 24.3 Å². The number of aryl methyl sites for hydroxylation is 1. The zero-order valence-corrected chi connectivity index (χ0v) is 14.2. The van der Waals surface area contributed by atoms with E-state index in [0.717, 1.165) is 11.1 Å². The van der Waals surface area contributed by atoms with Crippen LogP contribution >= 0.6 is 11.6 Å². The van der Waals surface area contributed by atoms with Crippen LogP contribution in [0.4, 0.5) is 5.69 Å². The molecular weight excluding hydrogens is 326 g/mol. The molecule has 124 valence electrons. The average molecular weight is 344 g/mol. The zero-order chi connectivity index (χ0) is 17.5. The van der Waals surface area contributed by atoms with Gasteiger partial charge in [-0.25, -0.2) is 4.79 Å². The van der Waals surface area contributed by atoms with Gasteiger partial charge in [0.15, 0.2) is 6.10 Å². The number of anilines is 1. The van der Waals surface area contributed by atoms with Crippen molar-refractivity contribution in [3.05, 3.63) is 70.8 Å². The highest BCUT2D eigenvalue weighted by atomic mass is 35.5. The largest absolute Gasteiger partial charge is 0.449 e. The lowest BCUT2D eigenvalue weighted by molar-refractivity contribution is -0.148. The first-order valence-corrected chi connectivity index (χ1v) is 7.84. The molecule has 1 atom stereocenters. The van der Waals surface area contributed by atoms with Crippen LogP contribution in [0.1, 0.15) is 18.1 Å². The number of halogens is 1. The predicted octanol–water partition coefficient (Wildman–Crippen LogP) is 4.23. The van der Waals surface area contributed by atoms with Crippen LogP contribution in [0.5, 0.6) is 0 Å². The van der Waals surface area contributed by atoms with E-state index in [2.05, 4.69) is 5.32 Å². The first-order chi connectivity index (χ1) is 11.5. The summed E-state index contributed by atoms with van der Waals surface area (Å²) in [6, 6.07) is 14.5. The second-order valence-electron chi connectivity index (χ2n) is 5.27. The molecule has 2 rings (SSSR count). The summed E-state index contributed by atoms with van der Waals surface area (Å²) in [5.74, 6) is -0.994. The Morgan fingerprint density at radius 2 is 1.88 bits per heavy atom. The highest BCUT2D eigenvalue weighted by Crippen LogP contribution is 2.20. The van der Waals surface area contributed by atoms with Crippen LogP contribution in [0.25, 0.3) is 6.08 Å². The molecule has 4 nitrogen and oxygen atoms in total. The Labute approximate surface area is 146 Å². The fourth-order valence-electron chi connectivity index (χ4n) is 1.96. The van der Waals surface area contributed by atoms with Crippen LogP contribution in [-0.2, 0) is 14.3 Å². The Hall–Kier alpha value is -2.59. The third kappa shape index (κ3) is 5.25. The van der Waals surface area contributed by atoms with Crippen molar-refractivity contribution in [3.8, 4) is 0 Å². The molecule has 0 aliphatic rings. The monoisotopic (exact) mass is 343 g/mol. The van der Waals surface area contributed by atoms with Gasteiger partial charge in [-0.1, -0.05) is 48.0 Å². The third-order valence-corrected chi connectivity index (χ3v) is 3.57. The van der Waals surface area contributed by atoms with E-state index < -0.39 is 18.0 Å². The SMILES string of the molecule is Cc1ccc(Cl)cc1NC(=O)[C@@H](C)OC(=O)/C=C/c1ccccc1. The molecule has 0 fully saturated rings. The molecule has 0 saturated carbocycles. The number of esters is 1. The van der Waals surface area contributed by atoms with Crippen molar-refractivity contribution in [1.82, 2.24) is 0 Å². The van der Waals surface area contributed by atoms with Gasteiger partial charge in [0.2, 0.25) is 0 Å². The molecule has 0 unspecified atom stereocenters. The summed E-state index contributed by atoms with van der Waals surface area (Å²) in [5, 5.41) is 3.23. The van der Waals surface area contributed by atoms with Crippen LogP contribution in [-0.4, -0.2) is 18.0 Å². The lowest BCUT2D eigenvalue weighted by atomic mass is 10.2. The number of rotatable bonds is 5. The van der Waals surface area contributed by atoms with E-state index in [0.29, 0.717) is 10.7 Å². The van der Waals surface area contributed by atoms with Crippen molar-refractivity contribution in [2.24, 2.45) is 0 Å². The summed E-state index contributed by atoms with van der Waals surface area (Å²) in [5.41, 5.74) is 2.34. The Bertz CT molecular complexity index is 756. The summed E-state index contributed by atoms with van der Waals surface area (Å²) in [6.07, 6.45) is 2.01. The molecule has 5 heteroatoms. The molecule has 1 amide bonds. The Balaban J connectivity index is 1.92. The molecule has 0 heterocycles. The summed E-state index contributed by atoms with van der Waals surface area (Å²) in [7, 11) is 0. The number of benzene rings is 2. The highest BCUT2D eigenvalue weighted by molar-refractivity contribution is 6.31. The van der Waals surface area contributed by atoms with E-state index in [4.69, 9.17) is 16.3 Å². The summed E-state index contributed by atoms with van der Waals surface area (Å²) < 4.78 is 5.11. The standard InChI is InChI=1S/C19H18ClNO3/c1-13-8-10-16(20)12-17(13)21-19(23)14(2)24-18(22)11-9-15-6-4-3-5-7-15/h3-12,14H,1-2H3,(H,21,23)/b11-9+/t14-/m1/s1. The van der Waals surface area contributed by atoms with E-state index in [9.17, 15) is 9.59 Å². The smallest absolute Gasteiger partial charge is 0.331 e. The second kappa shape index (κ2) is 8.31. The molecule has 0 bridgehead atoms. The van der Waals surface area contributed by atoms with Crippen LogP contribution in [0.3, 0.4) is 0 Å². The fraction of sp³-hybridized carbons (Fsp3) is 0.158. The van der Waals surface area contributed by atoms with Crippen LogP contribution in [0.2, 0.25) is 5.02 Å². The minimum atomic E-state index is -0.920. The molecule has 0 saturated heterocycles. The summed E-state index contributed by atoms with van der Waals surface area (Å²) in [4.78, 5) is 23.9. The fourth-order valence-corrected chi connectivity index (χ4v) is 2.13. The average Bonchev–Trinajstić information content (AvgIpc) is 2.57. The molecule has 2 aromatic rings. The molecule has 2 aromatic carbocycles. The van der Waals surface area contributed by atoms with Gasteiger partial charge in [-0.05, 0) is 43.2 Å². The lowest BCUT2D eigenvalue weighted by Crippen LogP contribution is -2.29. The van der Waals surface area contributed by atoms with Gasteiger partial charge in [0, 0.05) is 16.8 Å². The van der Waals surface area contributed by atoms with Crippen molar-refractivity contribution in [2.45, 2.75) is 20.0 Å². The molecule has 0 radical (unpaired) electrons. The van der Waals surface area contributed by atoms with Crippen molar-refractivity contribution >= 4 is 35.2 Å². The summed E-state index contributed by atoms with van der Waals surface area (Å²) in [6.45, 7) is 3.37. The number of nitrogens with one attached hydrogen (secondary N) is 1. The minimum Gasteiger partial charge on any atom is -0.449 e.